The van der Waals surface area contributed by atoms with Crippen LogP contribution in [0.3, 0.4) is 0 Å². The third-order valence-electron chi connectivity index (χ3n) is 3.93. The highest BCUT2D eigenvalue weighted by Gasteiger charge is 2.25. The van der Waals surface area contributed by atoms with Crippen molar-refractivity contribution in [2.24, 2.45) is 0 Å². The second-order valence-corrected chi connectivity index (χ2v) is 5.52. The summed E-state index contributed by atoms with van der Waals surface area (Å²) in [4.78, 5) is 18.5. The molecule has 0 radical (unpaired) electrons. The van der Waals surface area contributed by atoms with Gasteiger partial charge in [0.1, 0.15) is 23.2 Å². The maximum absolute atomic E-state index is 12.2. The molecule has 0 saturated carbocycles. The molecule has 118 valence electrons. The summed E-state index contributed by atoms with van der Waals surface area (Å²) in [6, 6.07) is 7.16. The van der Waals surface area contributed by atoms with Crippen molar-refractivity contribution < 1.29 is 13.9 Å². The van der Waals surface area contributed by atoms with E-state index in [9.17, 15) is 4.79 Å². The Morgan fingerprint density at radius 2 is 2.39 bits per heavy atom. The smallest absolute Gasteiger partial charge is 0.342 e. The van der Waals surface area contributed by atoms with E-state index in [0.29, 0.717) is 23.4 Å². The van der Waals surface area contributed by atoms with Crippen molar-refractivity contribution in [2.75, 3.05) is 18.0 Å². The van der Waals surface area contributed by atoms with Crippen molar-refractivity contribution in [1.82, 2.24) is 4.98 Å². The van der Waals surface area contributed by atoms with Gasteiger partial charge in [-0.05, 0) is 38.0 Å². The van der Waals surface area contributed by atoms with E-state index in [-0.39, 0.29) is 12.1 Å². The number of furan rings is 1. The van der Waals surface area contributed by atoms with Crippen LogP contribution >= 0.6 is 0 Å². The molecule has 1 aliphatic rings. The first-order chi connectivity index (χ1) is 11.2. The molecule has 0 unspecified atom stereocenters. The van der Waals surface area contributed by atoms with Gasteiger partial charge in [-0.1, -0.05) is 0 Å². The van der Waals surface area contributed by atoms with Crippen molar-refractivity contribution in [2.45, 2.75) is 25.9 Å². The number of aryl methyl sites for hydroxylation is 1. The van der Waals surface area contributed by atoms with Gasteiger partial charge in [0.2, 0.25) is 0 Å². The molecule has 3 heterocycles. The number of hydrogen-bond acceptors (Lipinski definition) is 6. The molecule has 1 atom stereocenters. The standard InChI is InChI=1S/C17H17N3O3/c1-12-15(5-8-22-12)17(21)23-14-3-2-7-20(11-14)16-9-13(10-18)4-6-19-16/h4-6,8-9,14H,2-3,7,11H2,1H3/t14-/m1/s1. The number of hydrogen-bond donors (Lipinski definition) is 0. The Morgan fingerprint density at radius 3 is 3.13 bits per heavy atom. The van der Waals surface area contributed by atoms with E-state index < -0.39 is 0 Å². The number of piperidine rings is 1. The number of esters is 1. The number of ether oxygens (including phenoxy) is 1. The van der Waals surface area contributed by atoms with E-state index >= 15 is 0 Å². The van der Waals surface area contributed by atoms with Gasteiger partial charge in [0, 0.05) is 12.7 Å². The average Bonchev–Trinajstić information content (AvgIpc) is 3.01. The summed E-state index contributed by atoms with van der Waals surface area (Å²) in [7, 11) is 0. The van der Waals surface area contributed by atoms with Gasteiger partial charge in [-0.25, -0.2) is 9.78 Å². The minimum absolute atomic E-state index is 0.196. The molecule has 6 nitrogen and oxygen atoms in total. The number of anilines is 1. The molecule has 0 amide bonds. The fourth-order valence-corrected chi connectivity index (χ4v) is 2.71. The Balaban J connectivity index is 1.67. The van der Waals surface area contributed by atoms with E-state index in [1.807, 2.05) is 4.90 Å². The summed E-state index contributed by atoms with van der Waals surface area (Å²) in [6.07, 6.45) is 4.63. The molecular weight excluding hydrogens is 294 g/mol. The van der Waals surface area contributed by atoms with Gasteiger partial charge in [-0.3, -0.25) is 0 Å². The van der Waals surface area contributed by atoms with Crippen molar-refractivity contribution in [3.8, 4) is 6.07 Å². The van der Waals surface area contributed by atoms with Gasteiger partial charge >= 0.3 is 5.97 Å². The number of pyridine rings is 1. The predicted octanol–water partition coefficient (Wildman–Crippen LogP) is 2.68. The third-order valence-corrected chi connectivity index (χ3v) is 3.93. The van der Waals surface area contributed by atoms with Gasteiger partial charge in [-0.2, -0.15) is 5.26 Å². The van der Waals surface area contributed by atoms with Gasteiger partial charge in [0.25, 0.3) is 0 Å². The van der Waals surface area contributed by atoms with E-state index in [4.69, 9.17) is 14.4 Å². The number of aromatic nitrogens is 1. The first-order valence-corrected chi connectivity index (χ1v) is 7.53. The van der Waals surface area contributed by atoms with Crippen LogP contribution in [0.5, 0.6) is 0 Å². The molecule has 1 saturated heterocycles. The van der Waals surface area contributed by atoms with Crippen LogP contribution in [0.15, 0.2) is 35.1 Å². The SMILES string of the molecule is Cc1occc1C(=O)O[C@@H]1CCCN(c2cc(C#N)ccn2)C1. The third kappa shape index (κ3) is 3.34. The fourth-order valence-electron chi connectivity index (χ4n) is 2.71. The van der Waals surface area contributed by atoms with Crippen molar-refractivity contribution in [1.29, 1.82) is 5.26 Å². The molecule has 0 N–H and O–H groups in total. The van der Waals surface area contributed by atoms with Crippen LogP contribution < -0.4 is 4.90 Å². The van der Waals surface area contributed by atoms with Crippen LogP contribution in [0.4, 0.5) is 5.82 Å². The van der Waals surface area contributed by atoms with Crippen LogP contribution in [0.1, 0.15) is 34.5 Å². The van der Waals surface area contributed by atoms with Crippen LogP contribution in [0.2, 0.25) is 0 Å². The lowest BCUT2D eigenvalue weighted by Gasteiger charge is -2.33. The zero-order valence-electron chi connectivity index (χ0n) is 12.9. The minimum Gasteiger partial charge on any atom is -0.469 e. The number of carbonyl (C=O) groups excluding carboxylic acids is 1. The molecule has 3 rings (SSSR count). The normalized spacial score (nSPS) is 17.6. The van der Waals surface area contributed by atoms with Crippen molar-refractivity contribution in [3.63, 3.8) is 0 Å². The molecule has 0 aliphatic carbocycles. The molecule has 2 aromatic heterocycles. The second kappa shape index (κ2) is 6.53. The minimum atomic E-state index is -0.359. The van der Waals surface area contributed by atoms with Gasteiger partial charge in [0.05, 0.1) is 24.4 Å². The summed E-state index contributed by atoms with van der Waals surface area (Å²) < 4.78 is 10.7. The van der Waals surface area contributed by atoms with Gasteiger partial charge in [0.15, 0.2) is 0 Å². The summed E-state index contributed by atoms with van der Waals surface area (Å²) in [5, 5.41) is 8.99. The number of rotatable bonds is 3. The Morgan fingerprint density at radius 1 is 1.52 bits per heavy atom. The Bertz CT molecular complexity index is 748. The first kappa shape index (κ1) is 15.1. The van der Waals surface area contributed by atoms with Crippen LogP contribution in [0.25, 0.3) is 0 Å². The lowest BCUT2D eigenvalue weighted by molar-refractivity contribution is 0.0267. The topological polar surface area (TPSA) is 79.4 Å². The second-order valence-electron chi connectivity index (χ2n) is 5.52. The van der Waals surface area contributed by atoms with E-state index in [1.165, 1.54) is 6.26 Å². The molecule has 2 aromatic rings. The first-order valence-electron chi connectivity index (χ1n) is 7.53. The van der Waals surface area contributed by atoms with E-state index in [2.05, 4.69) is 11.1 Å². The molecule has 0 aromatic carbocycles. The van der Waals surface area contributed by atoms with Gasteiger partial charge < -0.3 is 14.1 Å². The van der Waals surface area contributed by atoms with Gasteiger partial charge in [-0.15, -0.1) is 0 Å². The largest absolute Gasteiger partial charge is 0.469 e. The Labute approximate surface area is 134 Å². The number of carbonyl (C=O) groups is 1. The fraction of sp³-hybridized carbons (Fsp3) is 0.353. The summed E-state index contributed by atoms with van der Waals surface area (Å²) in [5.41, 5.74) is 1.04. The monoisotopic (exact) mass is 311 g/mol. The highest BCUT2D eigenvalue weighted by Crippen LogP contribution is 2.21. The lowest BCUT2D eigenvalue weighted by atomic mass is 10.1. The Kier molecular flexibility index (Phi) is 4.29. The highest BCUT2D eigenvalue weighted by molar-refractivity contribution is 5.90. The molecule has 1 fully saturated rings. The maximum atomic E-state index is 12.2. The molecule has 23 heavy (non-hydrogen) atoms. The van der Waals surface area contributed by atoms with Crippen LogP contribution in [-0.2, 0) is 4.74 Å². The quantitative estimate of drug-likeness (QED) is 0.811. The predicted molar refractivity (Wildman–Crippen MR) is 83.0 cm³/mol. The molecular formula is C17H17N3O3. The summed E-state index contributed by atoms with van der Waals surface area (Å²) in [6.45, 7) is 3.15. The van der Waals surface area contributed by atoms with E-state index in [0.717, 1.165) is 25.2 Å². The number of nitrogens with zero attached hydrogens (tertiary/aromatic N) is 3. The average molecular weight is 311 g/mol. The highest BCUT2D eigenvalue weighted by atomic mass is 16.5. The molecule has 6 heteroatoms. The summed E-state index contributed by atoms with van der Waals surface area (Å²) >= 11 is 0. The molecule has 0 bridgehead atoms. The lowest BCUT2D eigenvalue weighted by Crippen LogP contribution is -2.41. The molecule has 1 aliphatic heterocycles. The zero-order valence-corrected chi connectivity index (χ0v) is 12.9. The van der Waals surface area contributed by atoms with Crippen LogP contribution in [-0.4, -0.2) is 30.1 Å². The summed E-state index contributed by atoms with van der Waals surface area (Å²) in [5.74, 6) is 0.942. The maximum Gasteiger partial charge on any atom is 0.342 e. The molecule has 0 spiro atoms. The van der Waals surface area contributed by atoms with Crippen LogP contribution in [0, 0.1) is 18.3 Å². The van der Waals surface area contributed by atoms with Crippen molar-refractivity contribution in [3.05, 3.63) is 47.5 Å². The zero-order chi connectivity index (χ0) is 16.2. The van der Waals surface area contributed by atoms with Crippen molar-refractivity contribution >= 4 is 11.8 Å². The number of nitriles is 1. The Hall–Kier alpha value is -2.81. The van der Waals surface area contributed by atoms with E-state index in [1.54, 1.807) is 31.3 Å².